The van der Waals surface area contributed by atoms with Gasteiger partial charge in [0.25, 0.3) is 0 Å². The number of fused-ring (bicyclic) bond motifs is 1. The molecule has 2 heterocycles. The van der Waals surface area contributed by atoms with E-state index in [0.29, 0.717) is 5.75 Å². The highest BCUT2D eigenvalue weighted by Crippen LogP contribution is 2.28. The van der Waals surface area contributed by atoms with Crippen molar-refractivity contribution in [3.63, 3.8) is 0 Å². The monoisotopic (exact) mass is 483 g/mol. The van der Waals surface area contributed by atoms with E-state index in [0.717, 1.165) is 47.9 Å². The molecule has 1 aromatic carbocycles. The normalized spacial score (nSPS) is 12.1. The maximum atomic E-state index is 12.8. The molecular weight excluding hydrogens is 438 g/mol. The van der Waals surface area contributed by atoms with Crippen LogP contribution in [0.25, 0.3) is 12.2 Å². The van der Waals surface area contributed by atoms with E-state index in [2.05, 4.69) is 42.9 Å². The number of allylic oxidation sites excluding steroid dienone is 2. The summed E-state index contributed by atoms with van der Waals surface area (Å²) in [5.41, 5.74) is 4.00. The fourth-order valence-electron chi connectivity index (χ4n) is 3.11. The molecule has 0 radical (unpaired) electrons. The second kappa shape index (κ2) is 20.0. The number of thioether (sulfide) groups is 1. The third-order valence-electron chi connectivity index (χ3n) is 4.40. The lowest BCUT2D eigenvalue weighted by Gasteiger charge is -2.29. The standard InChI is InChI=1S/C22H25N3OS.C3H8.2C2H6/c1-3-5-12-18-19(9-4-2)24-21(15-23-18)27-16-22(26)25-14-8-11-17-10-6-7-13-20(17)25;1-3-2;2*1-2/h4-7,9-10,12-13,15H,3,8,11,14,16H2,1-2H3;3H2,1-2H3;2*1-2H3/b9-4-,12-5-;;;. The van der Waals surface area contributed by atoms with Gasteiger partial charge in [0.15, 0.2) is 0 Å². The van der Waals surface area contributed by atoms with Crippen molar-refractivity contribution in [3.8, 4) is 0 Å². The van der Waals surface area contributed by atoms with E-state index < -0.39 is 0 Å². The maximum Gasteiger partial charge on any atom is 0.237 e. The van der Waals surface area contributed by atoms with Crippen LogP contribution in [-0.2, 0) is 11.2 Å². The highest BCUT2D eigenvalue weighted by molar-refractivity contribution is 7.99. The fraction of sp³-hybridized carbons (Fsp3) is 0.483. The van der Waals surface area contributed by atoms with Crippen LogP contribution in [0, 0.1) is 0 Å². The molecule has 1 aliphatic rings. The van der Waals surface area contributed by atoms with Gasteiger partial charge in [0.2, 0.25) is 5.91 Å². The zero-order valence-electron chi connectivity index (χ0n) is 22.6. The van der Waals surface area contributed by atoms with Crippen LogP contribution in [0.4, 0.5) is 5.69 Å². The zero-order chi connectivity index (χ0) is 25.8. The first-order valence-electron chi connectivity index (χ1n) is 12.8. The average Bonchev–Trinajstić information content (AvgIpc) is 2.89. The summed E-state index contributed by atoms with van der Waals surface area (Å²) in [6, 6.07) is 8.18. The van der Waals surface area contributed by atoms with Gasteiger partial charge in [-0.1, -0.05) is 97.0 Å². The molecule has 0 aliphatic carbocycles. The first-order valence-corrected chi connectivity index (χ1v) is 13.8. The van der Waals surface area contributed by atoms with Crippen molar-refractivity contribution >= 4 is 35.5 Å². The van der Waals surface area contributed by atoms with Gasteiger partial charge >= 0.3 is 0 Å². The second-order valence-corrected chi connectivity index (χ2v) is 8.06. The van der Waals surface area contributed by atoms with Gasteiger partial charge in [-0.2, -0.15) is 0 Å². The van der Waals surface area contributed by atoms with Gasteiger partial charge in [0.1, 0.15) is 5.03 Å². The highest BCUT2D eigenvalue weighted by atomic mass is 32.2. The number of para-hydroxylation sites is 1. The first kappa shape index (κ1) is 31.6. The van der Waals surface area contributed by atoms with Crippen LogP contribution >= 0.6 is 11.8 Å². The Hall–Kier alpha value is -2.40. The largest absolute Gasteiger partial charge is 0.311 e. The van der Waals surface area contributed by atoms with E-state index in [9.17, 15) is 4.79 Å². The van der Waals surface area contributed by atoms with E-state index in [1.807, 2.05) is 75.9 Å². The van der Waals surface area contributed by atoms with Crippen molar-refractivity contribution in [1.29, 1.82) is 0 Å². The Balaban J connectivity index is 0.00000141. The quantitative estimate of drug-likeness (QED) is 0.386. The van der Waals surface area contributed by atoms with Gasteiger partial charge in [0.05, 0.1) is 23.3 Å². The number of nitrogens with zero attached hydrogens (tertiary/aromatic N) is 3. The van der Waals surface area contributed by atoms with Gasteiger partial charge in [-0.05, 0) is 50.0 Å². The molecule has 2 aromatic rings. The minimum Gasteiger partial charge on any atom is -0.311 e. The molecule has 1 amide bonds. The number of aryl methyl sites for hydroxylation is 1. The van der Waals surface area contributed by atoms with E-state index in [1.165, 1.54) is 23.7 Å². The summed E-state index contributed by atoms with van der Waals surface area (Å²) in [6.07, 6.45) is 14.0. The molecule has 4 nitrogen and oxygen atoms in total. The number of benzene rings is 1. The van der Waals surface area contributed by atoms with Crippen LogP contribution in [0.5, 0.6) is 0 Å². The topological polar surface area (TPSA) is 46.1 Å². The van der Waals surface area contributed by atoms with Crippen molar-refractivity contribution in [2.75, 3.05) is 17.2 Å². The molecule has 1 aliphatic heterocycles. The molecular formula is C29H45N3OS. The number of hydrogen-bond donors (Lipinski definition) is 0. The predicted molar refractivity (Wildman–Crippen MR) is 153 cm³/mol. The molecule has 0 spiro atoms. The number of carbonyl (C=O) groups excluding carboxylic acids is 1. The molecule has 0 saturated carbocycles. The fourth-order valence-corrected chi connectivity index (χ4v) is 3.83. The van der Waals surface area contributed by atoms with Crippen LogP contribution in [0.3, 0.4) is 0 Å². The Morgan fingerprint density at radius 1 is 1.06 bits per heavy atom. The van der Waals surface area contributed by atoms with Crippen LogP contribution in [0.2, 0.25) is 0 Å². The van der Waals surface area contributed by atoms with Gasteiger partial charge in [-0.25, -0.2) is 4.98 Å². The van der Waals surface area contributed by atoms with E-state index in [4.69, 9.17) is 0 Å². The van der Waals surface area contributed by atoms with Gasteiger partial charge in [0, 0.05) is 12.2 Å². The molecule has 34 heavy (non-hydrogen) atoms. The molecule has 0 N–H and O–H groups in total. The smallest absolute Gasteiger partial charge is 0.237 e. The summed E-state index contributed by atoms with van der Waals surface area (Å²) in [5.74, 6) is 0.485. The molecule has 5 heteroatoms. The van der Waals surface area contributed by atoms with Crippen molar-refractivity contribution in [2.45, 2.75) is 86.1 Å². The van der Waals surface area contributed by atoms with Crippen LogP contribution in [-0.4, -0.2) is 28.2 Å². The Kier molecular flexibility index (Phi) is 18.6. The minimum atomic E-state index is 0.122. The third-order valence-corrected chi connectivity index (χ3v) is 5.28. The number of rotatable bonds is 6. The summed E-state index contributed by atoms with van der Waals surface area (Å²) >= 11 is 1.45. The molecule has 0 unspecified atom stereocenters. The third kappa shape index (κ3) is 10.7. The lowest BCUT2D eigenvalue weighted by Crippen LogP contribution is -2.36. The predicted octanol–water partition coefficient (Wildman–Crippen LogP) is 8.47. The van der Waals surface area contributed by atoms with Crippen molar-refractivity contribution in [3.05, 3.63) is 59.6 Å². The zero-order valence-corrected chi connectivity index (χ0v) is 23.4. The lowest BCUT2D eigenvalue weighted by molar-refractivity contribution is -0.116. The van der Waals surface area contributed by atoms with Gasteiger partial charge < -0.3 is 4.90 Å². The Labute approximate surface area is 213 Å². The Morgan fingerprint density at radius 3 is 2.38 bits per heavy atom. The number of hydrogen-bond acceptors (Lipinski definition) is 4. The minimum absolute atomic E-state index is 0.122. The summed E-state index contributed by atoms with van der Waals surface area (Å²) < 4.78 is 0. The van der Waals surface area contributed by atoms with Crippen molar-refractivity contribution < 1.29 is 4.79 Å². The molecule has 0 fully saturated rings. The highest BCUT2D eigenvalue weighted by Gasteiger charge is 2.22. The van der Waals surface area contributed by atoms with Crippen molar-refractivity contribution in [2.24, 2.45) is 0 Å². The van der Waals surface area contributed by atoms with Gasteiger partial charge in [-0.3, -0.25) is 9.78 Å². The summed E-state index contributed by atoms with van der Waals surface area (Å²) in [6.45, 7) is 17.1. The number of carbonyl (C=O) groups is 1. The SMILES string of the molecule is C/C=C\c1nc(SCC(=O)N2CCCc3ccccc32)cnc1/C=C\CC.CC.CC.CCC. The molecule has 188 valence electrons. The summed E-state index contributed by atoms with van der Waals surface area (Å²) in [7, 11) is 0. The summed E-state index contributed by atoms with van der Waals surface area (Å²) in [5, 5.41) is 0.774. The summed E-state index contributed by atoms with van der Waals surface area (Å²) in [4.78, 5) is 23.9. The van der Waals surface area contributed by atoms with E-state index in [-0.39, 0.29) is 5.91 Å². The molecule has 1 aromatic heterocycles. The second-order valence-electron chi connectivity index (χ2n) is 7.06. The molecule has 3 rings (SSSR count). The van der Waals surface area contributed by atoms with Crippen LogP contribution in [0.15, 0.2) is 47.6 Å². The maximum absolute atomic E-state index is 12.8. The Morgan fingerprint density at radius 2 is 1.74 bits per heavy atom. The lowest BCUT2D eigenvalue weighted by atomic mass is 10.0. The average molecular weight is 484 g/mol. The number of aromatic nitrogens is 2. The number of anilines is 1. The molecule has 0 bridgehead atoms. The number of amides is 1. The van der Waals surface area contributed by atoms with Crippen LogP contribution < -0.4 is 4.90 Å². The van der Waals surface area contributed by atoms with E-state index >= 15 is 0 Å². The first-order chi connectivity index (χ1) is 16.6. The van der Waals surface area contributed by atoms with E-state index in [1.54, 1.807) is 6.20 Å². The van der Waals surface area contributed by atoms with Crippen LogP contribution in [0.1, 0.15) is 91.6 Å². The Bertz CT molecular complexity index is 877. The van der Waals surface area contributed by atoms with Gasteiger partial charge in [-0.15, -0.1) is 0 Å². The van der Waals surface area contributed by atoms with Crippen molar-refractivity contribution in [1.82, 2.24) is 9.97 Å². The molecule has 0 saturated heterocycles. The molecule has 0 atom stereocenters.